The third-order valence-corrected chi connectivity index (χ3v) is 7.60. The standard InChI is InChI=1S/C27H30Cl2N4O4S/c1-5-7-12-38-27-31-26-30-16(3)23(25(34)36-6-2)24(33(26)32-27)18-9-11-21(22(14-18)35-4)37-15-17-8-10-19(28)20(29)13-17/h8-11,13-14,24H,5-7,12,15H2,1-4H3,(H,30,31,32). The number of fused-ring (bicyclic) bond motifs is 1. The van der Waals surface area contributed by atoms with Crippen molar-refractivity contribution >= 4 is 46.9 Å². The lowest BCUT2D eigenvalue weighted by Gasteiger charge is -2.28. The Morgan fingerprint density at radius 3 is 2.66 bits per heavy atom. The van der Waals surface area contributed by atoms with E-state index in [0.717, 1.165) is 29.7 Å². The Hall–Kier alpha value is -2.88. The van der Waals surface area contributed by atoms with Crippen LogP contribution in [0.5, 0.6) is 11.5 Å². The lowest BCUT2D eigenvalue weighted by Crippen LogP contribution is -2.29. The van der Waals surface area contributed by atoms with Crippen molar-refractivity contribution in [3.05, 3.63) is 68.8 Å². The molecule has 0 saturated carbocycles. The summed E-state index contributed by atoms with van der Waals surface area (Å²) in [5.74, 6) is 2.13. The van der Waals surface area contributed by atoms with Gasteiger partial charge in [0.15, 0.2) is 11.5 Å². The fourth-order valence-electron chi connectivity index (χ4n) is 4.05. The van der Waals surface area contributed by atoms with Crippen LogP contribution in [-0.2, 0) is 16.1 Å². The van der Waals surface area contributed by atoms with Gasteiger partial charge < -0.3 is 19.5 Å². The summed E-state index contributed by atoms with van der Waals surface area (Å²) in [6.07, 6.45) is 2.16. The van der Waals surface area contributed by atoms with E-state index in [1.54, 1.807) is 42.6 Å². The monoisotopic (exact) mass is 576 g/mol. The number of ether oxygens (including phenoxy) is 3. The first-order valence-corrected chi connectivity index (χ1v) is 14.1. The van der Waals surface area contributed by atoms with Crippen molar-refractivity contribution in [2.75, 3.05) is 24.8 Å². The lowest BCUT2D eigenvalue weighted by atomic mass is 9.95. The van der Waals surface area contributed by atoms with E-state index in [9.17, 15) is 4.79 Å². The SMILES string of the molecule is CCCCSc1nc2n(n1)C(c1ccc(OCc3ccc(Cl)c(Cl)c3)c(OC)c1)C(C(=O)OCC)=C(C)N2. The Kier molecular flexibility index (Phi) is 9.46. The zero-order valence-electron chi connectivity index (χ0n) is 21.7. The number of anilines is 1. The zero-order valence-corrected chi connectivity index (χ0v) is 24.0. The van der Waals surface area contributed by atoms with E-state index < -0.39 is 12.0 Å². The predicted molar refractivity (Wildman–Crippen MR) is 151 cm³/mol. The Morgan fingerprint density at radius 2 is 1.95 bits per heavy atom. The fourth-order valence-corrected chi connectivity index (χ4v) is 5.28. The van der Waals surface area contributed by atoms with Crippen molar-refractivity contribution in [2.45, 2.75) is 51.4 Å². The number of methoxy groups -OCH3 is 1. The number of rotatable bonds is 11. The molecular formula is C27H30Cl2N4O4S. The minimum absolute atomic E-state index is 0.259. The van der Waals surface area contributed by atoms with Crippen LogP contribution in [0.2, 0.25) is 10.0 Å². The number of carbonyl (C=O) groups is 1. The molecule has 1 aliphatic heterocycles. The molecule has 4 rings (SSSR count). The van der Waals surface area contributed by atoms with Crippen molar-refractivity contribution < 1.29 is 19.0 Å². The number of esters is 1. The van der Waals surface area contributed by atoms with Gasteiger partial charge in [0.25, 0.3) is 0 Å². The predicted octanol–water partition coefficient (Wildman–Crippen LogP) is 6.92. The largest absolute Gasteiger partial charge is 0.493 e. The maximum Gasteiger partial charge on any atom is 0.338 e. The van der Waals surface area contributed by atoms with Crippen LogP contribution in [0, 0.1) is 0 Å². The fraction of sp³-hybridized carbons (Fsp3) is 0.370. The summed E-state index contributed by atoms with van der Waals surface area (Å²) in [5.41, 5.74) is 2.77. The molecule has 1 atom stereocenters. The molecule has 0 spiro atoms. The minimum Gasteiger partial charge on any atom is -0.493 e. The summed E-state index contributed by atoms with van der Waals surface area (Å²) in [6, 6.07) is 10.4. The number of aromatic nitrogens is 3. The topological polar surface area (TPSA) is 87.5 Å². The molecule has 8 nitrogen and oxygen atoms in total. The summed E-state index contributed by atoms with van der Waals surface area (Å²) >= 11 is 13.8. The van der Waals surface area contributed by atoms with E-state index >= 15 is 0 Å². The highest BCUT2D eigenvalue weighted by Gasteiger charge is 2.35. The van der Waals surface area contributed by atoms with E-state index in [1.165, 1.54) is 0 Å². The third-order valence-electron chi connectivity index (χ3n) is 5.94. The highest BCUT2D eigenvalue weighted by molar-refractivity contribution is 7.99. The molecule has 1 aliphatic rings. The number of hydrogen-bond donors (Lipinski definition) is 1. The number of halogens is 2. The number of carbonyl (C=O) groups excluding carboxylic acids is 1. The van der Waals surface area contributed by atoms with Gasteiger partial charge >= 0.3 is 5.97 Å². The molecule has 11 heteroatoms. The Balaban J connectivity index is 1.68. The second kappa shape index (κ2) is 12.8. The number of hydrogen-bond acceptors (Lipinski definition) is 8. The first-order valence-electron chi connectivity index (χ1n) is 12.3. The summed E-state index contributed by atoms with van der Waals surface area (Å²) in [6.45, 7) is 6.31. The highest BCUT2D eigenvalue weighted by Crippen LogP contribution is 2.40. The summed E-state index contributed by atoms with van der Waals surface area (Å²) in [4.78, 5) is 17.8. The van der Waals surface area contributed by atoms with Crippen LogP contribution in [0.3, 0.4) is 0 Å². The second-order valence-corrected chi connectivity index (χ2v) is 10.5. The molecule has 0 fully saturated rings. The van der Waals surface area contributed by atoms with Gasteiger partial charge in [-0.05, 0) is 55.7 Å². The molecule has 1 unspecified atom stereocenters. The Labute approximate surface area is 236 Å². The molecule has 0 saturated heterocycles. The molecule has 0 amide bonds. The smallest absolute Gasteiger partial charge is 0.338 e. The van der Waals surface area contributed by atoms with Crippen LogP contribution in [0.25, 0.3) is 0 Å². The highest BCUT2D eigenvalue weighted by atomic mass is 35.5. The van der Waals surface area contributed by atoms with Gasteiger partial charge in [-0.15, -0.1) is 5.10 Å². The molecule has 202 valence electrons. The van der Waals surface area contributed by atoms with Crippen LogP contribution in [-0.4, -0.2) is 40.2 Å². The second-order valence-electron chi connectivity index (χ2n) is 8.60. The van der Waals surface area contributed by atoms with Crippen LogP contribution in [0.4, 0.5) is 5.95 Å². The van der Waals surface area contributed by atoms with Crippen LogP contribution in [0.15, 0.2) is 52.8 Å². The van der Waals surface area contributed by atoms with E-state index in [-0.39, 0.29) is 13.2 Å². The first kappa shape index (κ1) is 28.1. The molecular weight excluding hydrogens is 547 g/mol. The average molecular weight is 578 g/mol. The molecule has 2 heterocycles. The summed E-state index contributed by atoms with van der Waals surface area (Å²) < 4.78 is 18.8. The number of nitrogens with zero attached hydrogens (tertiary/aromatic N) is 3. The van der Waals surface area contributed by atoms with Crippen molar-refractivity contribution in [1.82, 2.24) is 14.8 Å². The van der Waals surface area contributed by atoms with E-state index in [0.29, 0.717) is 43.9 Å². The Bertz CT molecular complexity index is 1340. The van der Waals surface area contributed by atoms with Gasteiger partial charge in [-0.2, -0.15) is 4.98 Å². The zero-order chi connectivity index (χ0) is 27.2. The van der Waals surface area contributed by atoms with Gasteiger partial charge in [-0.1, -0.05) is 60.4 Å². The van der Waals surface area contributed by atoms with E-state index in [1.807, 2.05) is 31.2 Å². The first-order chi connectivity index (χ1) is 18.4. The molecule has 0 radical (unpaired) electrons. The number of allylic oxidation sites excluding steroid dienone is 1. The molecule has 0 aliphatic carbocycles. The summed E-state index contributed by atoms with van der Waals surface area (Å²) in [5, 5.41) is 9.57. The van der Waals surface area contributed by atoms with Gasteiger partial charge in [-0.25, -0.2) is 9.48 Å². The number of nitrogens with one attached hydrogen (secondary N) is 1. The molecule has 1 aromatic heterocycles. The normalized spacial score (nSPS) is 14.6. The van der Waals surface area contributed by atoms with E-state index in [2.05, 4.69) is 17.2 Å². The number of thioether (sulfide) groups is 1. The van der Waals surface area contributed by atoms with Crippen LogP contribution >= 0.6 is 35.0 Å². The lowest BCUT2D eigenvalue weighted by molar-refractivity contribution is -0.139. The van der Waals surface area contributed by atoms with Gasteiger partial charge in [0.1, 0.15) is 12.6 Å². The van der Waals surface area contributed by atoms with Crippen molar-refractivity contribution in [1.29, 1.82) is 0 Å². The average Bonchev–Trinajstić information content (AvgIpc) is 3.30. The Morgan fingerprint density at radius 1 is 1.13 bits per heavy atom. The van der Waals surface area contributed by atoms with Gasteiger partial charge in [0.2, 0.25) is 11.1 Å². The maximum atomic E-state index is 13.1. The van der Waals surface area contributed by atoms with Gasteiger partial charge in [0.05, 0.1) is 29.3 Å². The van der Waals surface area contributed by atoms with Crippen molar-refractivity contribution in [3.63, 3.8) is 0 Å². The van der Waals surface area contributed by atoms with Gasteiger partial charge in [-0.3, -0.25) is 0 Å². The molecule has 2 aromatic carbocycles. The summed E-state index contributed by atoms with van der Waals surface area (Å²) in [7, 11) is 1.57. The van der Waals surface area contributed by atoms with Crippen molar-refractivity contribution in [2.24, 2.45) is 0 Å². The maximum absolute atomic E-state index is 13.1. The van der Waals surface area contributed by atoms with Crippen molar-refractivity contribution in [3.8, 4) is 11.5 Å². The molecule has 0 bridgehead atoms. The number of benzene rings is 2. The molecule has 3 aromatic rings. The van der Waals surface area contributed by atoms with E-state index in [4.69, 9.17) is 42.5 Å². The van der Waals surface area contributed by atoms with Crippen LogP contribution in [0.1, 0.15) is 50.8 Å². The third kappa shape index (κ3) is 6.22. The number of unbranched alkanes of at least 4 members (excludes halogenated alkanes) is 1. The minimum atomic E-state index is -0.559. The molecule has 38 heavy (non-hydrogen) atoms. The van der Waals surface area contributed by atoms with Crippen LogP contribution < -0.4 is 14.8 Å². The van der Waals surface area contributed by atoms with Gasteiger partial charge in [0, 0.05) is 11.4 Å². The molecule has 1 N–H and O–H groups in total. The quantitative estimate of drug-likeness (QED) is 0.149.